The van der Waals surface area contributed by atoms with E-state index < -0.39 is 10.0 Å². The highest BCUT2D eigenvalue weighted by Gasteiger charge is 2.18. The fourth-order valence-corrected chi connectivity index (χ4v) is 3.75. The van der Waals surface area contributed by atoms with Gasteiger partial charge in [0.15, 0.2) is 4.21 Å². The molecule has 0 unspecified atom stereocenters. The second-order valence-corrected chi connectivity index (χ2v) is 5.46. The SMILES string of the molecule is CONS(=O)(=O)c1sccc1Br. The number of sulfonamides is 1. The second kappa shape index (κ2) is 3.84. The maximum atomic E-state index is 11.3. The topological polar surface area (TPSA) is 55.4 Å². The van der Waals surface area contributed by atoms with E-state index in [2.05, 4.69) is 20.8 Å². The third-order valence-corrected chi connectivity index (χ3v) is 4.95. The van der Waals surface area contributed by atoms with Crippen LogP contribution in [0.3, 0.4) is 0 Å². The molecule has 0 aliphatic heterocycles. The lowest BCUT2D eigenvalue weighted by Gasteiger charge is -2.00. The monoisotopic (exact) mass is 271 g/mol. The average molecular weight is 272 g/mol. The van der Waals surface area contributed by atoms with Gasteiger partial charge in [0.2, 0.25) is 0 Å². The van der Waals surface area contributed by atoms with Gasteiger partial charge in [-0.15, -0.1) is 11.3 Å². The molecule has 7 heteroatoms. The van der Waals surface area contributed by atoms with Gasteiger partial charge < -0.3 is 0 Å². The summed E-state index contributed by atoms with van der Waals surface area (Å²) in [7, 11) is -2.25. The molecule has 0 amide bonds. The average Bonchev–Trinajstić information content (AvgIpc) is 2.35. The number of halogens is 1. The molecule has 0 radical (unpaired) electrons. The van der Waals surface area contributed by atoms with Crippen LogP contribution in [0.25, 0.3) is 0 Å². The van der Waals surface area contributed by atoms with Gasteiger partial charge in [0.25, 0.3) is 10.0 Å². The van der Waals surface area contributed by atoms with Crippen LogP contribution in [0.2, 0.25) is 0 Å². The van der Waals surface area contributed by atoms with Gasteiger partial charge in [0, 0.05) is 4.47 Å². The lowest BCUT2D eigenvalue weighted by Crippen LogP contribution is -2.21. The van der Waals surface area contributed by atoms with Crippen LogP contribution in [0.4, 0.5) is 0 Å². The molecule has 1 aromatic heterocycles. The molecule has 0 saturated heterocycles. The Kier molecular flexibility index (Phi) is 3.24. The van der Waals surface area contributed by atoms with Crippen LogP contribution < -0.4 is 4.89 Å². The maximum absolute atomic E-state index is 11.3. The van der Waals surface area contributed by atoms with Crippen molar-refractivity contribution in [3.05, 3.63) is 15.9 Å². The van der Waals surface area contributed by atoms with E-state index in [1.165, 1.54) is 7.11 Å². The number of rotatable bonds is 3. The number of thiophene rings is 1. The molecule has 12 heavy (non-hydrogen) atoms. The lowest BCUT2D eigenvalue weighted by molar-refractivity contribution is 0.153. The van der Waals surface area contributed by atoms with Gasteiger partial charge in [-0.1, -0.05) is 4.89 Å². The van der Waals surface area contributed by atoms with Crippen LogP contribution in [0, 0.1) is 0 Å². The van der Waals surface area contributed by atoms with Gasteiger partial charge in [-0.3, -0.25) is 4.84 Å². The molecule has 4 nitrogen and oxygen atoms in total. The van der Waals surface area contributed by atoms with E-state index in [1.807, 2.05) is 4.89 Å². The van der Waals surface area contributed by atoms with Crippen LogP contribution in [0.15, 0.2) is 20.1 Å². The Morgan fingerprint density at radius 2 is 2.33 bits per heavy atom. The summed E-state index contributed by atoms with van der Waals surface area (Å²) in [6.45, 7) is 0. The van der Waals surface area contributed by atoms with E-state index in [4.69, 9.17) is 0 Å². The summed E-state index contributed by atoms with van der Waals surface area (Å²) < 4.78 is 23.3. The molecule has 68 valence electrons. The predicted molar refractivity (Wildman–Crippen MR) is 49.3 cm³/mol. The third kappa shape index (κ3) is 2.05. The molecule has 0 atom stereocenters. The zero-order valence-corrected chi connectivity index (χ0v) is 9.29. The zero-order valence-electron chi connectivity index (χ0n) is 6.07. The van der Waals surface area contributed by atoms with Crippen LogP contribution in [0.1, 0.15) is 0 Å². The highest BCUT2D eigenvalue weighted by molar-refractivity contribution is 9.10. The maximum Gasteiger partial charge on any atom is 0.273 e. The van der Waals surface area contributed by atoms with E-state index >= 15 is 0 Å². The fraction of sp³-hybridized carbons (Fsp3) is 0.200. The smallest absolute Gasteiger partial charge is 0.273 e. The minimum absolute atomic E-state index is 0.212. The highest BCUT2D eigenvalue weighted by atomic mass is 79.9. The van der Waals surface area contributed by atoms with Crippen molar-refractivity contribution in [3.8, 4) is 0 Å². The van der Waals surface area contributed by atoms with Crippen molar-refractivity contribution < 1.29 is 13.3 Å². The van der Waals surface area contributed by atoms with Gasteiger partial charge in [0.05, 0.1) is 7.11 Å². The van der Waals surface area contributed by atoms with Gasteiger partial charge >= 0.3 is 0 Å². The summed E-state index contributed by atoms with van der Waals surface area (Å²) in [6, 6.07) is 1.66. The Morgan fingerprint density at radius 3 is 2.75 bits per heavy atom. The number of hydrogen-bond acceptors (Lipinski definition) is 4. The number of nitrogens with one attached hydrogen (secondary N) is 1. The fourth-order valence-electron chi connectivity index (χ4n) is 0.619. The van der Waals surface area contributed by atoms with Gasteiger partial charge in [-0.05, 0) is 27.4 Å². The first-order valence-corrected chi connectivity index (χ1v) is 6.01. The summed E-state index contributed by atoms with van der Waals surface area (Å²) in [4.78, 5) is 6.25. The second-order valence-electron chi connectivity index (χ2n) is 1.85. The highest BCUT2D eigenvalue weighted by Crippen LogP contribution is 2.26. The zero-order chi connectivity index (χ0) is 9.19. The minimum atomic E-state index is -3.50. The van der Waals surface area contributed by atoms with Crippen LogP contribution >= 0.6 is 27.3 Å². The molecule has 0 saturated carbocycles. The Morgan fingerprint density at radius 1 is 1.67 bits per heavy atom. The van der Waals surface area contributed by atoms with Gasteiger partial charge in [-0.2, -0.15) is 0 Å². The van der Waals surface area contributed by atoms with Gasteiger partial charge in [-0.25, -0.2) is 8.42 Å². The first kappa shape index (κ1) is 10.1. The first-order valence-electron chi connectivity index (χ1n) is 2.85. The minimum Gasteiger partial charge on any atom is -0.290 e. The van der Waals surface area contributed by atoms with E-state index in [1.54, 1.807) is 11.4 Å². The Balaban J connectivity index is 3.06. The lowest BCUT2D eigenvalue weighted by atomic mass is 10.7. The summed E-state index contributed by atoms with van der Waals surface area (Å²) in [6.07, 6.45) is 0. The van der Waals surface area contributed by atoms with Crippen LogP contribution in [0.5, 0.6) is 0 Å². The van der Waals surface area contributed by atoms with Crippen molar-refractivity contribution >= 4 is 37.3 Å². The van der Waals surface area contributed by atoms with Crippen molar-refractivity contribution in [2.45, 2.75) is 4.21 Å². The standard InChI is InChI=1S/C5H6BrNO3S2/c1-10-7-12(8,9)5-4(6)2-3-11-5/h2-3,7H,1H3. The van der Waals surface area contributed by atoms with E-state index in [0.717, 1.165) is 11.3 Å². The molecule has 0 aliphatic rings. The van der Waals surface area contributed by atoms with E-state index in [0.29, 0.717) is 4.47 Å². The first-order chi connectivity index (χ1) is 5.58. The molecule has 1 aromatic rings. The van der Waals surface area contributed by atoms with Crippen LogP contribution in [-0.2, 0) is 14.9 Å². The predicted octanol–water partition coefficient (Wildman–Crippen LogP) is 1.35. The van der Waals surface area contributed by atoms with Crippen molar-refractivity contribution in [2.75, 3.05) is 7.11 Å². The largest absolute Gasteiger partial charge is 0.290 e. The molecule has 0 bridgehead atoms. The van der Waals surface area contributed by atoms with E-state index in [-0.39, 0.29) is 4.21 Å². The van der Waals surface area contributed by atoms with E-state index in [9.17, 15) is 8.42 Å². The Hall–Kier alpha value is 0.0500. The summed E-state index contributed by atoms with van der Waals surface area (Å²) in [5.74, 6) is 0. The summed E-state index contributed by atoms with van der Waals surface area (Å²) in [5.41, 5.74) is 0. The van der Waals surface area contributed by atoms with Crippen molar-refractivity contribution in [1.29, 1.82) is 0 Å². The quantitative estimate of drug-likeness (QED) is 0.845. The van der Waals surface area contributed by atoms with Crippen molar-refractivity contribution in [1.82, 2.24) is 4.89 Å². The Bertz CT molecular complexity index is 359. The molecular formula is C5H6BrNO3S2. The van der Waals surface area contributed by atoms with Crippen molar-refractivity contribution in [3.63, 3.8) is 0 Å². The molecule has 0 aromatic carbocycles. The molecule has 0 fully saturated rings. The molecule has 0 spiro atoms. The molecule has 1 heterocycles. The Labute approximate surface area is 82.7 Å². The van der Waals surface area contributed by atoms with Crippen LogP contribution in [-0.4, -0.2) is 15.5 Å². The summed E-state index contributed by atoms with van der Waals surface area (Å²) >= 11 is 4.23. The molecule has 0 aliphatic carbocycles. The summed E-state index contributed by atoms with van der Waals surface area (Å²) in [5, 5.41) is 1.67. The van der Waals surface area contributed by atoms with Crippen molar-refractivity contribution in [2.24, 2.45) is 0 Å². The molecule has 1 N–H and O–H groups in total. The normalized spacial score (nSPS) is 11.8. The third-order valence-electron chi connectivity index (χ3n) is 1.02. The van der Waals surface area contributed by atoms with Gasteiger partial charge in [0.1, 0.15) is 0 Å². The molecule has 1 rings (SSSR count). The number of hydrogen-bond donors (Lipinski definition) is 1. The molecular weight excluding hydrogens is 266 g/mol.